The SMILES string of the molecule is Cc1ccc(C)c(OCc2c(C)nn(C)c2N)c1. The van der Waals surface area contributed by atoms with Crippen LogP contribution in [0, 0.1) is 20.8 Å². The van der Waals surface area contributed by atoms with E-state index in [1.165, 1.54) is 5.56 Å². The summed E-state index contributed by atoms with van der Waals surface area (Å²) in [4.78, 5) is 0. The van der Waals surface area contributed by atoms with Gasteiger partial charge in [-0.3, -0.25) is 4.68 Å². The van der Waals surface area contributed by atoms with Crippen LogP contribution < -0.4 is 10.5 Å². The molecule has 0 aliphatic heterocycles. The minimum absolute atomic E-state index is 0.454. The van der Waals surface area contributed by atoms with Crippen molar-refractivity contribution in [1.29, 1.82) is 0 Å². The van der Waals surface area contributed by atoms with Crippen molar-refractivity contribution in [1.82, 2.24) is 9.78 Å². The Morgan fingerprint density at radius 1 is 1.28 bits per heavy atom. The molecule has 0 saturated carbocycles. The normalized spacial score (nSPS) is 10.7. The molecule has 0 bridgehead atoms. The Bertz CT molecular complexity index is 573. The van der Waals surface area contributed by atoms with Crippen molar-refractivity contribution in [3.8, 4) is 5.75 Å². The highest BCUT2D eigenvalue weighted by atomic mass is 16.5. The molecule has 2 aromatic rings. The minimum atomic E-state index is 0.454. The van der Waals surface area contributed by atoms with E-state index in [1.54, 1.807) is 4.68 Å². The summed E-state index contributed by atoms with van der Waals surface area (Å²) in [6.45, 7) is 6.48. The van der Waals surface area contributed by atoms with Gasteiger partial charge in [-0.2, -0.15) is 5.10 Å². The van der Waals surface area contributed by atoms with Crippen molar-refractivity contribution >= 4 is 5.82 Å². The van der Waals surface area contributed by atoms with Gasteiger partial charge in [0.25, 0.3) is 0 Å². The van der Waals surface area contributed by atoms with Gasteiger partial charge in [0.1, 0.15) is 18.2 Å². The van der Waals surface area contributed by atoms with Crippen LogP contribution in [0.4, 0.5) is 5.82 Å². The quantitative estimate of drug-likeness (QED) is 0.904. The molecule has 96 valence electrons. The molecule has 1 aromatic carbocycles. The number of aromatic nitrogens is 2. The van der Waals surface area contributed by atoms with Gasteiger partial charge in [0.15, 0.2) is 0 Å². The number of anilines is 1. The van der Waals surface area contributed by atoms with Gasteiger partial charge < -0.3 is 10.5 Å². The molecular formula is C14H19N3O. The third-order valence-electron chi connectivity index (χ3n) is 3.11. The predicted molar refractivity (Wildman–Crippen MR) is 72.6 cm³/mol. The summed E-state index contributed by atoms with van der Waals surface area (Å²) in [6.07, 6.45) is 0. The molecule has 0 atom stereocenters. The number of nitrogens with two attached hydrogens (primary N) is 1. The summed E-state index contributed by atoms with van der Waals surface area (Å²) < 4.78 is 7.52. The lowest BCUT2D eigenvalue weighted by atomic mass is 10.1. The summed E-state index contributed by atoms with van der Waals surface area (Å²) in [7, 11) is 1.84. The van der Waals surface area contributed by atoms with E-state index in [0.717, 1.165) is 22.6 Å². The van der Waals surface area contributed by atoms with Crippen LogP contribution in [0.3, 0.4) is 0 Å². The average Bonchev–Trinajstić information content (AvgIpc) is 2.55. The van der Waals surface area contributed by atoms with Crippen molar-refractivity contribution in [2.24, 2.45) is 7.05 Å². The molecule has 1 heterocycles. The zero-order valence-electron chi connectivity index (χ0n) is 11.3. The summed E-state index contributed by atoms with van der Waals surface area (Å²) in [6, 6.07) is 6.17. The summed E-state index contributed by atoms with van der Waals surface area (Å²) in [5.74, 6) is 1.57. The monoisotopic (exact) mass is 245 g/mol. The number of hydrogen-bond donors (Lipinski definition) is 1. The average molecular weight is 245 g/mol. The Morgan fingerprint density at radius 3 is 2.61 bits per heavy atom. The first-order valence-electron chi connectivity index (χ1n) is 5.97. The number of ether oxygens (including phenoxy) is 1. The van der Waals surface area contributed by atoms with Gasteiger partial charge in [-0.1, -0.05) is 12.1 Å². The fraction of sp³-hybridized carbons (Fsp3) is 0.357. The number of rotatable bonds is 3. The molecule has 0 radical (unpaired) electrons. The Kier molecular flexibility index (Phi) is 3.28. The Morgan fingerprint density at radius 2 is 2.00 bits per heavy atom. The maximum Gasteiger partial charge on any atom is 0.128 e. The number of benzene rings is 1. The Labute approximate surface area is 107 Å². The Balaban J connectivity index is 2.19. The van der Waals surface area contributed by atoms with Crippen molar-refractivity contribution in [3.05, 3.63) is 40.6 Å². The first-order valence-corrected chi connectivity index (χ1v) is 5.97. The van der Waals surface area contributed by atoms with Gasteiger partial charge in [-0.05, 0) is 38.0 Å². The molecular weight excluding hydrogens is 226 g/mol. The summed E-state index contributed by atoms with van der Waals surface area (Å²) in [5, 5.41) is 4.27. The van der Waals surface area contributed by atoms with Crippen LogP contribution in [0.1, 0.15) is 22.4 Å². The number of nitrogens with zero attached hydrogens (tertiary/aromatic N) is 2. The molecule has 18 heavy (non-hydrogen) atoms. The standard InChI is InChI=1S/C14H19N3O/c1-9-5-6-10(2)13(7-9)18-8-12-11(3)16-17(4)14(12)15/h5-7H,8,15H2,1-4H3. The zero-order valence-corrected chi connectivity index (χ0v) is 11.3. The summed E-state index contributed by atoms with van der Waals surface area (Å²) in [5.41, 5.74) is 10.1. The number of aryl methyl sites for hydroxylation is 4. The number of hydrogen-bond acceptors (Lipinski definition) is 3. The second-order valence-electron chi connectivity index (χ2n) is 4.63. The van der Waals surface area contributed by atoms with E-state index in [1.807, 2.05) is 27.0 Å². The third kappa shape index (κ3) is 2.32. The van der Waals surface area contributed by atoms with Gasteiger partial charge in [-0.15, -0.1) is 0 Å². The van der Waals surface area contributed by atoms with E-state index >= 15 is 0 Å². The van der Waals surface area contributed by atoms with E-state index in [2.05, 4.69) is 24.2 Å². The second-order valence-corrected chi connectivity index (χ2v) is 4.63. The van der Waals surface area contributed by atoms with Crippen LogP contribution >= 0.6 is 0 Å². The van der Waals surface area contributed by atoms with Crippen LogP contribution in [0.15, 0.2) is 18.2 Å². The van der Waals surface area contributed by atoms with Gasteiger partial charge in [0, 0.05) is 7.05 Å². The molecule has 0 unspecified atom stereocenters. The highest BCUT2D eigenvalue weighted by Gasteiger charge is 2.11. The fourth-order valence-corrected chi connectivity index (χ4v) is 1.91. The van der Waals surface area contributed by atoms with E-state index in [-0.39, 0.29) is 0 Å². The zero-order chi connectivity index (χ0) is 13.3. The molecule has 0 amide bonds. The first kappa shape index (κ1) is 12.5. The van der Waals surface area contributed by atoms with Crippen molar-refractivity contribution in [3.63, 3.8) is 0 Å². The van der Waals surface area contributed by atoms with Crippen molar-refractivity contribution < 1.29 is 4.74 Å². The predicted octanol–water partition coefficient (Wildman–Crippen LogP) is 2.51. The molecule has 2 N–H and O–H groups in total. The molecule has 0 saturated heterocycles. The van der Waals surface area contributed by atoms with E-state index in [9.17, 15) is 0 Å². The van der Waals surface area contributed by atoms with Crippen LogP contribution in [0.5, 0.6) is 5.75 Å². The van der Waals surface area contributed by atoms with Gasteiger partial charge >= 0.3 is 0 Å². The van der Waals surface area contributed by atoms with Crippen LogP contribution in [0.2, 0.25) is 0 Å². The minimum Gasteiger partial charge on any atom is -0.488 e. The maximum absolute atomic E-state index is 5.96. The fourth-order valence-electron chi connectivity index (χ4n) is 1.91. The lowest BCUT2D eigenvalue weighted by molar-refractivity contribution is 0.304. The van der Waals surface area contributed by atoms with Crippen LogP contribution in [0.25, 0.3) is 0 Å². The lowest BCUT2D eigenvalue weighted by Crippen LogP contribution is -2.03. The molecule has 0 aliphatic rings. The number of nitrogen functional groups attached to an aromatic ring is 1. The van der Waals surface area contributed by atoms with E-state index < -0.39 is 0 Å². The maximum atomic E-state index is 5.96. The molecule has 1 aromatic heterocycles. The van der Waals surface area contributed by atoms with Crippen molar-refractivity contribution in [2.75, 3.05) is 5.73 Å². The molecule has 2 rings (SSSR count). The lowest BCUT2D eigenvalue weighted by Gasteiger charge is -2.10. The van der Waals surface area contributed by atoms with E-state index in [0.29, 0.717) is 12.4 Å². The summed E-state index contributed by atoms with van der Waals surface area (Å²) >= 11 is 0. The van der Waals surface area contributed by atoms with Crippen LogP contribution in [-0.2, 0) is 13.7 Å². The van der Waals surface area contributed by atoms with Gasteiger partial charge in [0.05, 0.1) is 11.3 Å². The van der Waals surface area contributed by atoms with Crippen LogP contribution in [-0.4, -0.2) is 9.78 Å². The topological polar surface area (TPSA) is 53.1 Å². The highest BCUT2D eigenvalue weighted by molar-refractivity contribution is 5.43. The second kappa shape index (κ2) is 4.72. The largest absolute Gasteiger partial charge is 0.488 e. The first-order chi connectivity index (χ1) is 8.49. The Hall–Kier alpha value is -1.97. The molecule has 0 aliphatic carbocycles. The van der Waals surface area contributed by atoms with E-state index in [4.69, 9.17) is 10.5 Å². The van der Waals surface area contributed by atoms with Gasteiger partial charge in [0.2, 0.25) is 0 Å². The highest BCUT2D eigenvalue weighted by Crippen LogP contribution is 2.22. The smallest absolute Gasteiger partial charge is 0.128 e. The third-order valence-corrected chi connectivity index (χ3v) is 3.11. The molecule has 4 heteroatoms. The molecule has 0 spiro atoms. The molecule has 0 fully saturated rings. The van der Waals surface area contributed by atoms with Gasteiger partial charge in [-0.25, -0.2) is 0 Å². The van der Waals surface area contributed by atoms with Crippen molar-refractivity contribution in [2.45, 2.75) is 27.4 Å². The molecule has 4 nitrogen and oxygen atoms in total.